The number of hydrogen-bond acceptors (Lipinski definition) is 4. The van der Waals surface area contributed by atoms with E-state index in [0.717, 1.165) is 29.1 Å². The van der Waals surface area contributed by atoms with E-state index >= 15 is 0 Å². The lowest BCUT2D eigenvalue weighted by molar-refractivity contribution is -0.288. The van der Waals surface area contributed by atoms with E-state index in [1.165, 1.54) is 0 Å². The lowest BCUT2D eigenvalue weighted by atomic mass is 9.94. The normalized spacial score (nSPS) is 21.2. The summed E-state index contributed by atoms with van der Waals surface area (Å²) in [5.41, 5.74) is 2.85. The highest BCUT2D eigenvalue weighted by molar-refractivity contribution is 6.31. The van der Waals surface area contributed by atoms with Gasteiger partial charge in [-0.3, -0.25) is 0 Å². The van der Waals surface area contributed by atoms with E-state index < -0.39 is 5.79 Å². The number of methoxy groups -OCH3 is 1. The van der Waals surface area contributed by atoms with E-state index in [1.54, 1.807) is 13.3 Å². The summed E-state index contributed by atoms with van der Waals surface area (Å²) < 4.78 is 20.3. The van der Waals surface area contributed by atoms with Crippen LogP contribution in [0.1, 0.15) is 29.8 Å². The first kappa shape index (κ1) is 22.8. The van der Waals surface area contributed by atoms with Crippen LogP contribution in [0.5, 0.6) is 0 Å². The maximum Gasteiger partial charge on any atom is 0.199 e. The molecule has 1 aliphatic heterocycles. The van der Waals surface area contributed by atoms with Gasteiger partial charge in [-0.2, -0.15) is 0 Å². The fraction of sp³-hybridized carbons (Fsp3) is 0.348. The van der Waals surface area contributed by atoms with Gasteiger partial charge in [-0.05, 0) is 31.0 Å². The number of nitrogens with zero attached hydrogens (tertiary/aromatic N) is 2. The predicted octanol–water partition coefficient (Wildman–Crippen LogP) is 5.45. The maximum absolute atomic E-state index is 6.76. The molecule has 0 radical (unpaired) electrons. The number of benzene rings is 2. The predicted molar refractivity (Wildman–Crippen MR) is 119 cm³/mol. The van der Waals surface area contributed by atoms with Gasteiger partial charge in [0.05, 0.1) is 24.3 Å². The molecule has 160 valence electrons. The molecule has 7 heteroatoms. The third-order valence-electron chi connectivity index (χ3n) is 5.39. The molecule has 0 amide bonds. The Kier molecular flexibility index (Phi) is 7.55. The molecular weight excluding hydrogens is 423 g/mol. The fourth-order valence-corrected chi connectivity index (χ4v) is 4.09. The number of aromatic nitrogens is 2. The second-order valence-electron chi connectivity index (χ2n) is 7.23. The van der Waals surface area contributed by atoms with Crippen molar-refractivity contribution in [3.63, 3.8) is 0 Å². The van der Waals surface area contributed by atoms with Crippen LogP contribution in [0.3, 0.4) is 0 Å². The van der Waals surface area contributed by atoms with Crippen molar-refractivity contribution >= 4 is 24.0 Å². The Hall–Kier alpha value is -1.89. The van der Waals surface area contributed by atoms with Crippen molar-refractivity contribution in [2.45, 2.75) is 38.3 Å². The highest BCUT2D eigenvalue weighted by Gasteiger charge is 2.42. The molecule has 1 aromatic heterocycles. The molecule has 2 aromatic carbocycles. The largest absolute Gasteiger partial charge is 0.381 e. The number of rotatable bonds is 6. The molecule has 0 bridgehead atoms. The third-order valence-corrected chi connectivity index (χ3v) is 5.70. The Bertz CT molecular complexity index is 964. The number of imidazole rings is 1. The zero-order valence-electron chi connectivity index (χ0n) is 17.1. The third kappa shape index (κ3) is 4.71. The SMILES string of the molecule is COC1CCOC(OCc2ccccc2)(c2ccc(-n3ccnc3C)cc2Cl)C1.Cl. The summed E-state index contributed by atoms with van der Waals surface area (Å²) in [6.07, 6.45) is 5.15. The van der Waals surface area contributed by atoms with Crippen LogP contribution in [0.15, 0.2) is 60.9 Å². The number of ether oxygens (including phenoxy) is 3. The highest BCUT2D eigenvalue weighted by atomic mass is 35.5. The van der Waals surface area contributed by atoms with Gasteiger partial charge in [-0.25, -0.2) is 4.98 Å². The van der Waals surface area contributed by atoms with Gasteiger partial charge in [0.15, 0.2) is 5.79 Å². The van der Waals surface area contributed by atoms with E-state index in [0.29, 0.717) is 24.7 Å². The zero-order chi connectivity index (χ0) is 20.3. The maximum atomic E-state index is 6.76. The van der Waals surface area contributed by atoms with Crippen LogP contribution in [0.2, 0.25) is 5.02 Å². The Morgan fingerprint density at radius 3 is 2.70 bits per heavy atom. The molecule has 1 aliphatic rings. The van der Waals surface area contributed by atoms with Gasteiger partial charge in [-0.15, -0.1) is 12.4 Å². The second-order valence-corrected chi connectivity index (χ2v) is 7.64. The van der Waals surface area contributed by atoms with E-state index in [9.17, 15) is 0 Å². The van der Waals surface area contributed by atoms with Crippen molar-refractivity contribution in [3.8, 4) is 5.69 Å². The Morgan fingerprint density at radius 1 is 1.23 bits per heavy atom. The molecule has 3 aromatic rings. The summed E-state index contributed by atoms with van der Waals surface area (Å²) in [7, 11) is 1.73. The van der Waals surface area contributed by atoms with Crippen molar-refractivity contribution < 1.29 is 14.2 Å². The van der Waals surface area contributed by atoms with Crippen LogP contribution in [0.25, 0.3) is 5.69 Å². The van der Waals surface area contributed by atoms with Crippen molar-refractivity contribution in [2.75, 3.05) is 13.7 Å². The molecule has 1 fully saturated rings. The second kappa shape index (κ2) is 9.94. The molecule has 4 rings (SSSR count). The Labute approximate surface area is 188 Å². The summed E-state index contributed by atoms with van der Waals surface area (Å²) in [6.45, 7) is 2.93. The van der Waals surface area contributed by atoms with Crippen molar-refractivity contribution in [3.05, 3.63) is 82.9 Å². The minimum atomic E-state index is -0.950. The van der Waals surface area contributed by atoms with Crippen LogP contribution in [0, 0.1) is 6.92 Å². The van der Waals surface area contributed by atoms with Gasteiger partial charge in [0.1, 0.15) is 5.82 Å². The van der Waals surface area contributed by atoms with Gasteiger partial charge >= 0.3 is 0 Å². The quantitative estimate of drug-likeness (QED) is 0.502. The Balaban J connectivity index is 0.00000256. The van der Waals surface area contributed by atoms with Crippen molar-refractivity contribution in [2.24, 2.45) is 0 Å². The first-order valence-corrected chi connectivity index (χ1v) is 10.1. The minimum absolute atomic E-state index is 0. The highest BCUT2D eigenvalue weighted by Crippen LogP contribution is 2.42. The van der Waals surface area contributed by atoms with Crippen LogP contribution in [-0.2, 0) is 26.6 Å². The van der Waals surface area contributed by atoms with E-state index in [1.807, 2.05) is 66.2 Å². The summed E-state index contributed by atoms with van der Waals surface area (Å²) in [6, 6.07) is 16.0. The van der Waals surface area contributed by atoms with E-state index in [2.05, 4.69) is 4.98 Å². The summed E-state index contributed by atoms with van der Waals surface area (Å²) in [4.78, 5) is 4.29. The molecule has 0 aliphatic carbocycles. The molecule has 30 heavy (non-hydrogen) atoms. The van der Waals surface area contributed by atoms with Crippen molar-refractivity contribution in [1.29, 1.82) is 0 Å². The Morgan fingerprint density at radius 2 is 2.03 bits per heavy atom. The molecule has 1 saturated heterocycles. The van der Waals surface area contributed by atoms with Crippen LogP contribution in [-0.4, -0.2) is 29.4 Å². The molecule has 2 atom stereocenters. The van der Waals surface area contributed by atoms with Gasteiger partial charge in [-0.1, -0.05) is 48.0 Å². The fourth-order valence-electron chi connectivity index (χ4n) is 3.77. The first-order chi connectivity index (χ1) is 14.1. The molecule has 0 saturated carbocycles. The zero-order valence-corrected chi connectivity index (χ0v) is 18.7. The van der Waals surface area contributed by atoms with E-state index in [-0.39, 0.29) is 18.5 Å². The topological polar surface area (TPSA) is 45.5 Å². The minimum Gasteiger partial charge on any atom is -0.381 e. The van der Waals surface area contributed by atoms with Gasteiger partial charge < -0.3 is 18.8 Å². The number of halogens is 2. The molecule has 2 heterocycles. The first-order valence-electron chi connectivity index (χ1n) is 9.76. The molecule has 0 N–H and O–H groups in total. The van der Waals surface area contributed by atoms with Gasteiger partial charge in [0.2, 0.25) is 0 Å². The van der Waals surface area contributed by atoms with Crippen LogP contribution >= 0.6 is 24.0 Å². The summed E-state index contributed by atoms with van der Waals surface area (Å²) >= 11 is 6.76. The van der Waals surface area contributed by atoms with Gasteiger partial charge in [0, 0.05) is 37.2 Å². The van der Waals surface area contributed by atoms with Crippen LogP contribution in [0.4, 0.5) is 0 Å². The summed E-state index contributed by atoms with van der Waals surface area (Å²) in [5, 5.41) is 0.598. The number of aryl methyl sites for hydroxylation is 1. The average molecular weight is 449 g/mol. The lowest BCUT2D eigenvalue weighted by Gasteiger charge is -2.41. The molecular formula is C23H26Cl2N2O3. The monoisotopic (exact) mass is 448 g/mol. The molecule has 2 unspecified atom stereocenters. The molecule has 0 spiro atoms. The van der Waals surface area contributed by atoms with Crippen molar-refractivity contribution in [1.82, 2.24) is 9.55 Å². The van der Waals surface area contributed by atoms with E-state index in [4.69, 9.17) is 25.8 Å². The number of hydrogen-bond donors (Lipinski definition) is 0. The molecule has 5 nitrogen and oxygen atoms in total. The van der Waals surface area contributed by atoms with Crippen LogP contribution < -0.4 is 0 Å². The summed E-state index contributed by atoms with van der Waals surface area (Å²) in [5.74, 6) is -0.0498. The van der Waals surface area contributed by atoms with Gasteiger partial charge in [0.25, 0.3) is 0 Å². The lowest BCUT2D eigenvalue weighted by Crippen LogP contribution is -2.42. The average Bonchev–Trinajstić information content (AvgIpc) is 3.19. The standard InChI is InChI=1S/C23H25ClN2O3.ClH/c1-17-25-11-12-26(17)19-8-9-21(22(24)14-19)23(15-20(27-2)10-13-28-23)29-16-18-6-4-3-5-7-18;/h3-9,11-12,14,20H,10,13,15-16H2,1-2H3;1H. The smallest absolute Gasteiger partial charge is 0.199 e.